The van der Waals surface area contributed by atoms with Crippen molar-refractivity contribution >= 4 is 32.1 Å². The van der Waals surface area contributed by atoms with Crippen LogP contribution in [0.5, 0.6) is 0 Å². The van der Waals surface area contributed by atoms with Gasteiger partial charge in [0.05, 0.1) is 6.61 Å². The van der Waals surface area contributed by atoms with Gasteiger partial charge in [-0.25, -0.2) is 13.4 Å². The zero-order valence-corrected chi connectivity index (χ0v) is 13.4. The monoisotopic (exact) mass is 330 g/mol. The summed E-state index contributed by atoms with van der Waals surface area (Å²) in [7, 11) is -2.14. The second-order valence-corrected chi connectivity index (χ2v) is 8.04. The Bertz CT molecular complexity index is 733. The third-order valence-corrected chi connectivity index (χ3v) is 6.15. The number of likely N-dealkylation sites (N-methyl/N-ethyl adjacent to an activating group) is 1. The maximum absolute atomic E-state index is 12.6. The molecule has 7 nitrogen and oxygen atoms in total. The standard InChI is InChI=1S/C12H18N4O3S2/c1-15(4-6-19-8-9-2-3-9)21(17,18)11-10(13)14-12-16(11)5-7-20-12/h5,7,9H,2-4,6,8,13H2,1H3. The van der Waals surface area contributed by atoms with Crippen LogP contribution < -0.4 is 5.73 Å². The minimum absolute atomic E-state index is 0.0310. The van der Waals surface area contributed by atoms with Gasteiger partial charge in [-0.15, -0.1) is 11.3 Å². The quantitative estimate of drug-likeness (QED) is 0.766. The van der Waals surface area contributed by atoms with E-state index in [-0.39, 0.29) is 10.8 Å². The van der Waals surface area contributed by atoms with Crippen LogP contribution in [-0.2, 0) is 14.8 Å². The van der Waals surface area contributed by atoms with Crippen LogP contribution in [0.15, 0.2) is 16.6 Å². The summed E-state index contributed by atoms with van der Waals surface area (Å²) in [5, 5.41) is 1.81. The molecule has 2 N–H and O–H groups in total. The van der Waals surface area contributed by atoms with Crippen molar-refractivity contribution in [2.45, 2.75) is 17.9 Å². The van der Waals surface area contributed by atoms with E-state index in [1.165, 1.54) is 39.9 Å². The molecule has 2 aromatic heterocycles. The fourth-order valence-electron chi connectivity index (χ4n) is 2.03. The Labute approximate surface area is 127 Å². The molecule has 0 aromatic carbocycles. The summed E-state index contributed by atoms with van der Waals surface area (Å²) in [4.78, 5) is 4.65. The first-order valence-electron chi connectivity index (χ1n) is 6.75. The Morgan fingerprint density at radius 3 is 3.05 bits per heavy atom. The lowest BCUT2D eigenvalue weighted by molar-refractivity contribution is 0.117. The number of imidazole rings is 1. The number of nitrogen functional groups attached to an aromatic ring is 1. The second-order valence-electron chi connectivity index (χ2n) is 5.20. The Morgan fingerprint density at radius 1 is 1.57 bits per heavy atom. The van der Waals surface area contributed by atoms with Gasteiger partial charge in [-0.3, -0.25) is 4.40 Å². The predicted molar refractivity (Wildman–Crippen MR) is 80.8 cm³/mol. The van der Waals surface area contributed by atoms with Crippen molar-refractivity contribution in [3.05, 3.63) is 11.6 Å². The summed E-state index contributed by atoms with van der Waals surface area (Å²) in [6, 6.07) is 0. The number of aromatic nitrogens is 2. The lowest BCUT2D eigenvalue weighted by Crippen LogP contribution is -2.31. The van der Waals surface area contributed by atoms with Gasteiger partial charge in [-0.05, 0) is 18.8 Å². The van der Waals surface area contributed by atoms with Gasteiger partial charge in [0.25, 0.3) is 10.0 Å². The first-order valence-corrected chi connectivity index (χ1v) is 9.07. The number of nitrogens with two attached hydrogens (primary N) is 1. The van der Waals surface area contributed by atoms with E-state index in [1.807, 2.05) is 0 Å². The third kappa shape index (κ3) is 2.91. The van der Waals surface area contributed by atoms with Crippen LogP contribution in [0.1, 0.15) is 12.8 Å². The van der Waals surface area contributed by atoms with Gasteiger partial charge in [0.1, 0.15) is 0 Å². The third-order valence-electron chi connectivity index (χ3n) is 3.50. The Balaban J connectivity index is 1.72. The normalized spacial score (nSPS) is 16.1. The molecule has 0 bridgehead atoms. The Kier molecular flexibility index (Phi) is 3.91. The number of hydrogen-bond donors (Lipinski definition) is 1. The highest BCUT2D eigenvalue weighted by Gasteiger charge is 2.29. The van der Waals surface area contributed by atoms with Crippen molar-refractivity contribution in [2.24, 2.45) is 5.92 Å². The highest BCUT2D eigenvalue weighted by atomic mass is 32.2. The molecule has 1 fully saturated rings. The van der Waals surface area contributed by atoms with Crippen molar-refractivity contribution in [1.82, 2.24) is 13.7 Å². The fraction of sp³-hybridized carbons (Fsp3) is 0.583. The van der Waals surface area contributed by atoms with Gasteiger partial charge in [0.15, 0.2) is 15.8 Å². The summed E-state index contributed by atoms with van der Waals surface area (Å²) >= 11 is 1.35. The van der Waals surface area contributed by atoms with Crippen molar-refractivity contribution < 1.29 is 13.2 Å². The molecule has 2 heterocycles. The minimum atomic E-state index is -3.67. The molecule has 2 aromatic rings. The van der Waals surface area contributed by atoms with E-state index in [0.29, 0.717) is 24.0 Å². The van der Waals surface area contributed by atoms with Gasteiger partial charge in [-0.1, -0.05) is 0 Å². The second kappa shape index (κ2) is 5.56. The SMILES string of the molecule is CN(CCOCC1CC1)S(=O)(=O)c1c(N)nc2sccn12. The number of sulfonamides is 1. The Morgan fingerprint density at radius 2 is 2.33 bits per heavy atom. The van der Waals surface area contributed by atoms with E-state index in [4.69, 9.17) is 10.5 Å². The molecule has 116 valence electrons. The lowest BCUT2D eigenvalue weighted by atomic mass is 10.5. The van der Waals surface area contributed by atoms with Crippen LogP contribution in [0.4, 0.5) is 5.82 Å². The molecule has 0 saturated heterocycles. The maximum Gasteiger partial charge on any atom is 0.262 e. The molecule has 0 spiro atoms. The van der Waals surface area contributed by atoms with E-state index in [1.54, 1.807) is 11.6 Å². The van der Waals surface area contributed by atoms with Gasteiger partial charge < -0.3 is 10.5 Å². The average molecular weight is 330 g/mol. The van der Waals surface area contributed by atoms with E-state index in [2.05, 4.69) is 4.98 Å². The zero-order valence-electron chi connectivity index (χ0n) is 11.7. The number of anilines is 1. The molecular formula is C12H18N4O3S2. The zero-order chi connectivity index (χ0) is 15.0. The highest BCUT2D eigenvalue weighted by molar-refractivity contribution is 7.89. The lowest BCUT2D eigenvalue weighted by Gasteiger charge is -2.16. The molecular weight excluding hydrogens is 312 g/mol. The van der Waals surface area contributed by atoms with Crippen LogP contribution in [0.25, 0.3) is 4.96 Å². The number of hydrogen-bond acceptors (Lipinski definition) is 6. The first kappa shape index (κ1) is 14.8. The summed E-state index contributed by atoms with van der Waals surface area (Å²) in [6.45, 7) is 1.40. The molecule has 1 aliphatic carbocycles. The van der Waals surface area contributed by atoms with Crippen LogP contribution >= 0.6 is 11.3 Å². The van der Waals surface area contributed by atoms with Crippen molar-refractivity contribution in [1.29, 1.82) is 0 Å². The number of fused-ring (bicyclic) bond motifs is 1. The van der Waals surface area contributed by atoms with Gasteiger partial charge in [-0.2, -0.15) is 4.31 Å². The van der Waals surface area contributed by atoms with Crippen molar-refractivity contribution in [3.63, 3.8) is 0 Å². The van der Waals surface area contributed by atoms with Gasteiger partial charge in [0, 0.05) is 31.8 Å². The van der Waals surface area contributed by atoms with Crippen LogP contribution in [-0.4, -0.2) is 48.9 Å². The topological polar surface area (TPSA) is 89.9 Å². The molecule has 1 saturated carbocycles. The van der Waals surface area contributed by atoms with Gasteiger partial charge >= 0.3 is 0 Å². The van der Waals surface area contributed by atoms with Crippen LogP contribution in [0.3, 0.4) is 0 Å². The van der Waals surface area contributed by atoms with E-state index >= 15 is 0 Å². The molecule has 0 unspecified atom stereocenters. The maximum atomic E-state index is 12.6. The first-order chi connectivity index (χ1) is 10.00. The van der Waals surface area contributed by atoms with E-state index in [9.17, 15) is 8.42 Å². The molecule has 3 rings (SSSR count). The predicted octanol–water partition coefficient (Wildman–Crippen LogP) is 1.03. The number of thiazole rings is 1. The van der Waals surface area contributed by atoms with Gasteiger partial charge in [0.2, 0.25) is 0 Å². The van der Waals surface area contributed by atoms with Crippen LogP contribution in [0, 0.1) is 5.92 Å². The smallest absolute Gasteiger partial charge is 0.262 e. The van der Waals surface area contributed by atoms with Crippen molar-refractivity contribution in [3.8, 4) is 0 Å². The molecule has 0 atom stereocenters. The number of nitrogens with zero attached hydrogens (tertiary/aromatic N) is 3. The van der Waals surface area contributed by atoms with Crippen LogP contribution in [0.2, 0.25) is 0 Å². The molecule has 21 heavy (non-hydrogen) atoms. The van der Waals surface area contributed by atoms with E-state index < -0.39 is 10.0 Å². The molecule has 9 heteroatoms. The number of ether oxygens (including phenoxy) is 1. The summed E-state index contributed by atoms with van der Waals surface area (Å²) < 4.78 is 33.5. The van der Waals surface area contributed by atoms with E-state index in [0.717, 1.165) is 6.61 Å². The number of rotatable bonds is 7. The van der Waals surface area contributed by atoms with Crippen molar-refractivity contribution in [2.75, 3.05) is 32.5 Å². The average Bonchev–Trinajstić information content (AvgIpc) is 3.05. The molecule has 0 amide bonds. The molecule has 0 radical (unpaired) electrons. The summed E-state index contributed by atoms with van der Waals surface area (Å²) in [5.41, 5.74) is 5.76. The Hall–Kier alpha value is -1.16. The fourth-order valence-corrected chi connectivity index (χ4v) is 4.13. The largest absolute Gasteiger partial charge is 0.381 e. The summed E-state index contributed by atoms with van der Waals surface area (Å²) in [5.74, 6) is 0.704. The molecule has 1 aliphatic rings. The molecule has 0 aliphatic heterocycles. The summed E-state index contributed by atoms with van der Waals surface area (Å²) in [6.07, 6.45) is 4.10. The highest BCUT2D eigenvalue weighted by Crippen LogP contribution is 2.29. The minimum Gasteiger partial charge on any atom is -0.381 e.